The largest absolute Gasteiger partial charge is 0.497 e. The Morgan fingerprint density at radius 1 is 1.00 bits per heavy atom. The number of benzene rings is 2. The van der Waals surface area contributed by atoms with E-state index in [4.69, 9.17) is 4.74 Å². The molecule has 3 aromatic rings. The van der Waals surface area contributed by atoms with Crippen LogP contribution < -0.4 is 15.4 Å². The van der Waals surface area contributed by atoms with Crippen molar-refractivity contribution in [3.63, 3.8) is 0 Å². The Morgan fingerprint density at radius 3 is 2.39 bits per heavy atom. The van der Waals surface area contributed by atoms with Crippen molar-refractivity contribution in [2.75, 3.05) is 17.7 Å². The lowest BCUT2D eigenvalue weighted by molar-refractivity contribution is 0.102. The van der Waals surface area contributed by atoms with Crippen LogP contribution in [0.25, 0.3) is 0 Å². The average Bonchev–Trinajstić information content (AvgIpc) is 2.68. The van der Waals surface area contributed by atoms with Crippen LogP contribution in [0.2, 0.25) is 0 Å². The van der Waals surface area contributed by atoms with Crippen molar-refractivity contribution < 1.29 is 22.7 Å². The van der Waals surface area contributed by atoms with E-state index in [-0.39, 0.29) is 17.3 Å². The van der Waals surface area contributed by atoms with E-state index in [9.17, 15) is 18.0 Å². The molecule has 0 atom stereocenters. The lowest BCUT2D eigenvalue weighted by Gasteiger charge is -2.10. The number of anilines is 3. The fraction of sp³-hybridized carbons (Fsp3) is 0.105. The summed E-state index contributed by atoms with van der Waals surface area (Å²) < 4.78 is 45.3. The minimum atomic E-state index is -1.62. The summed E-state index contributed by atoms with van der Waals surface area (Å²) in [4.78, 5) is 20.5. The predicted octanol–water partition coefficient (Wildman–Crippen LogP) is 4.21. The fourth-order valence-electron chi connectivity index (χ4n) is 2.35. The van der Waals surface area contributed by atoms with E-state index >= 15 is 0 Å². The van der Waals surface area contributed by atoms with E-state index in [0.29, 0.717) is 17.1 Å². The lowest BCUT2D eigenvalue weighted by atomic mass is 10.2. The van der Waals surface area contributed by atoms with Gasteiger partial charge in [0, 0.05) is 11.4 Å². The van der Waals surface area contributed by atoms with E-state index in [2.05, 4.69) is 20.6 Å². The van der Waals surface area contributed by atoms with Gasteiger partial charge in [-0.05, 0) is 49.4 Å². The molecular weight excluding hydrogens is 373 g/mol. The van der Waals surface area contributed by atoms with Crippen molar-refractivity contribution in [1.82, 2.24) is 9.97 Å². The normalized spacial score (nSPS) is 10.5. The van der Waals surface area contributed by atoms with E-state index in [1.807, 2.05) is 0 Å². The van der Waals surface area contributed by atoms with Gasteiger partial charge in [0.25, 0.3) is 5.91 Å². The molecule has 6 nitrogen and oxygen atoms in total. The number of methoxy groups -OCH3 is 1. The van der Waals surface area contributed by atoms with Crippen LogP contribution >= 0.6 is 0 Å². The monoisotopic (exact) mass is 388 g/mol. The van der Waals surface area contributed by atoms with Crippen LogP contribution in [0.15, 0.2) is 42.5 Å². The first-order chi connectivity index (χ1) is 13.4. The number of aryl methyl sites for hydroxylation is 1. The summed E-state index contributed by atoms with van der Waals surface area (Å²) in [5.74, 6) is -4.36. The molecule has 2 aromatic carbocycles. The molecule has 0 saturated heterocycles. The van der Waals surface area contributed by atoms with Crippen molar-refractivity contribution in [2.24, 2.45) is 0 Å². The molecule has 28 heavy (non-hydrogen) atoms. The number of hydrogen-bond acceptors (Lipinski definition) is 5. The number of aromatic nitrogens is 2. The highest BCUT2D eigenvalue weighted by molar-refractivity contribution is 6.03. The second kappa shape index (κ2) is 7.95. The van der Waals surface area contributed by atoms with Crippen LogP contribution in [0, 0.1) is 24.4 Å². The van der Waals surface area contributed by atoms with Crippen molar-refractivity contribution in [2.45, 2.75) is 6.92 Å². The van der Waals surface area contributed by atoms with Crippen LogP contribution in [-0.2, 0) is 0 Å². The number of carbonyl (C=O) groups is 1. The summed E-state index contributed by atoms with van der Waals surface area (Å²) in [6.45, 7) is 1.61. The summed E-state index contributed by atoms with van der Waals surface area (Å²) in [5, 5.41) is 5.11. The molecular formula is C19H15F3N4O2. The zero-order chi connectivity index (χ0) is 20.3. The molecule has 0 aliphatic carbocycles. The summed E-state index contributed by atoms with van der Waals surface area (Å²) in [5.41, 5.74) is 0.586. The maximum absolute atomic E-state index is 13.8. The van der Waals surface area contributed by atoms with Gasteiger partial charge in [0.2, 0.25) is 5.95 Å². The summed E-state index contributed by atoms with van der Waals surface area (Å²) in [6, 6.07) is 9.89. The molecule has 0 spiro atoms. The van der Waals surface area contributed by atoms with Crippen molar-refractivity contribution in [3.05, 3.63) is 71.3 Å². The number of amides is 1. The van der Waals surface area contributed by atoms with Gasteiger partial charge in [0.15, 0.2) is 17.5 Å². The molecule has 1 aromatic heterocycles. The number of nitrogens with one attached hydrogen (secondary N) is 2. The van der Waals surface area contributed by atoms with Gasteiger partial charge in [-0.1, -0.05) is 0 Å². The van der Waals surface area contributed by atoms with Crippen LogP contribution in [0.5, 0.6) is 5.75 Å². The smallest absolute Gasteiger partial charge is 0.274 e. The van der Waals surface area contributed by atoms with Crippen molar-refractivity contribution in [3.8, 4) is 5.75 Å². The number of nitrogens with zero attached hydrogens (tertiary/aromatic N) is 2. The Hall–Kier alpha value is -3.62. The Bertz CT molecular complexity index is 1030. The molecule has 0 bridgehead atoms. The van der Waals surface area contributed by atoms with Crippen molar-refractivity contribution >= 4 is 23.2 Å². The van der Waals surface area contributed by atoms with E-state index in [1.54, 1.807) is 31.2 Å². The molecule has 0 saturated carbocycles. The number of hydrogen-bond donors (Lipinski definition) is 2. The molecule has 2 N–H and O–H groups in total. The first-order valence-corrected chi connectivity index (χ1v) is 8.09. The average molecular weight is 388 g/mol. The Balaban J connectivity index is 1.82. The zero-order valence-corrected chi connectivity index (χ0v) is 14.9. The molecule has 0 unspecified atom stereocenters. The molecule has 3 rings (SSSR count). The lowest BCUT2D eigenvalue weighted by Crippen LogP contribution is -2.15. The number of carbonyl (C=O) groups excluding carboxylic acids is 1. The summed E-state index contributed by atoms with van der Waals surface area (Å²) in [7, 11) is 1.53. The number of halogens is 3. The van der Waals surface area contributed by atoms with Gasteiger partial charge in [-0.2, -0.15) is 0 Å². The molecule has 1 heterocycles. The minimum Gasteiger partial charge on any atom is -0.497 e. The first kappa shape index (κ1) is 19.2. The number of rotatable bonds is 5. The van der Waals surface area contributed by atoms with E-state index in [1.165, 1.54) is 13.2 Å². The van der Waals surface area contributed by atoms with Crippen molar-refractivity contribution in [1.29, 1.82) is 0 Å². The highest BCUT2D eigenvalue weighted by Crippen LogP contribution is 2.22. The molecule has 0 aliphatic heterocycles. The molecule has 1 amide bonds. The fourth-order valence-corrected chi connectivity index (χ4v) is 2.35. The second-order valence-corrected chi connectivity index (χ2v) is 5.75. The third kappa shape index (κ3) is 4.20. The first-order valence-electron chi connectivity index (χ1n) is 8.09. The highest BCUT2D eigenvalue weighted by Gasteiger charge is 2.16. The second-order valence-electron chi connectivity index (χ2n) is 5.75. The molecule has 9 heteroatoms. The van der Waals surface area contributed by atoms with Crippen LogP contribution in [0.4, 0.5) is 30.5 Å². The van der Waals surface area contributed by atoms with Gasteiger partial charge in [-0.3, -0.25) is 4.79 Å². The third-order valence-electron chi connectivity index (χ3n) is 3.72. The van der Waals surface area contributed by atoms with Gasteiger partial charge < -0.3 is 15.4 Å². The van der Waals surface area contributed by atoms with E-state index in [0.717, 1.165) is 12.1 Å². The van der Waals surface area contributed by atoms with Crippen LogP contribution in [-0.4, -0.2) is 23.0 Å². The van der Waals surface area contributed by atoms with Gasteiger partial charge in [-0.15, -0.1) is 0 Å². The van der Waals surface area contributed by atoms with Crippen LogP contribution in [0.3, 0.4) is 0 Å². The van der Waals surface area contributed by atoms with Gasteiger partial charge in [-0.25, -0.2) is 23.1 Å². The highest BCUT2D eigenvalue weighted by atomic mass is 19.2. The SMILES string of the molecule is COc1ccc(NC(=O)c2cc(C)nc(Nc3ccc(F)c(F)c3F)n2)cc1. The molecule has 0 fully saturated rings. The molecule has 0 radical (unpaired) electrons. The Labute approximate surface area is 158 Å². The zero-order valence-electron chi connectivity index (χ0n) is 14.9. The third-order valence-corrected chi connectivity index (χ3v) is 3.72. The van der Waals surface area contributed by atoms with Gasteiger partial charge in [0.05, 0.1) is 12.8 Å². The standard InChI is InChI=1S/C19H15F3N4O2/c1-10-9-15(18(27)24-11-3-5-12(28-2)6-4-11)26-19(23-10)25-14-8-7-13(20)16(21)17(14)22/h3-9H,1-2H3,(H,24,27)(H,23,25,26). The number of ether oxygens (including phenoxy) is 1. The maximum atomic E-state index is 13.8. The predicted molar refractivity (Wildman–Crippen MR) is 97.3 cm³/mol. The molecule has 144 valence electrons. The summed E-state index contributed by atoms with van der Waals surface area (Å²) >= 11 is 0. The van der Waals surface area contributed by atoms with Gasteiger partial charge >= 0.3 is 0 Å². The van der Waals surface area contributed by atoms with Gasteiger partial charge in [0.1, 0.15) is 11.4 Å². The summed E-state index contributed by atoms with van der Waals surface area (Å²) in [6.07, 6.45) is 0. The van der Waals surface area contributed by atoms with Crippen LogP contribution in [0.1, 0.15) is 16.2 Å². The minimum absolute atomic E-state index is 0.00816. The Morgan fingerprint density at radius 2 is 1.71 bits per heavy atom. The van der Waals surface area contributed by atoms with E-state index < -0.39 is 23.4 Å². The maximum Gasteiger partial charge on any atom is 0.274 e. The topological polar surface area (TPSA) is 76.1 Å². The quantitative estimate of drug-likeness (QED) is 0.641. The molecule has 0 aliphatic rings. The Kier molecular flexibility index (Phi) is 5.44.